The number of hydrogen-bond acceptors (Lipinski definition) is 3. The molecule has 3 heteroatoms. The highest BCUT2D eigenvalue weighted by Crippen LogP contribution is 2.25. The molecular weight excluding hydrogens is 274 g/mol. The summed E-state index contributed by atoms with van der Waals surface area (Å²) >= 11 is 0. The Labute approximate surface area is 134 Å². The van der Waals surface area contributed by atoms with Gasteiger partial charge in [-0.2, -0.15) is 0 Å². The molecule has 0 bridgehead atoms. The van der Waals surface area contributed by atoms with Crippen LogP contribution in [-0.2, 0) is 6.54 Å². The van der Waals surface area contributed by atoms with Crippen LogP contribution in [0.25, 0.3) is 0 Å². The smallest absolute Gasteiger partial charge is 0.159 e. The third kappa shape index (κ3) is 4.92. The molecule has 1 aromatic carbocycles. The van der Waals surface area contributed by atoms with Gasteiger partial charge in [0.1, 0.15) is 0 Å². The molecule has 0 spiro atoms. The van der Waals surface area contributed by atoms with Crippen molar-refractivity contribution in [2.75, 3.05) is 13.1 Å². The molecular formula is C19H29NO2. The average molecular weight is 303 g/mol. The fourth-order valence-electron chi connectivity index (χ4n) is 3.27. The van der Waals surface area contributed by atoms with Crippen molar-refractivity contribution >= 4 is 5.78 Å². The van der Waals surface area contributed by atoms with E-state index in [9.17, 15) is 9.90 Å². The summed E-state index contributed by atoms with van der Waals surface area (Å²) in [7, 11) is 0. The van der Waals surface area contributed by atoms with Gasteiger partial charge in [-0.05, 0) is 56.7 Å². The van der Waals surface area contributed by atoms with Gasteiger partial charge in [-0.1, -0.05) is 38.1 Å². The van der Waals surface area contributed by atoms with Crippen LogP contribution in [-0.4, -0.2) is 35.0 Å². The lowest BCUT2D eigenvalue weighted by Crippen LogP contribution is -2.37. The first-order chi connectivity index (χ1) is 10.5. The van der Waals surface area contributed by atoms with E-state index in [2.05, 4.69) is 30.9 Å². The van der Waals surface area contributed by atoms with Crippen LogP contribution in [0.2, 0.25) is 0 Å². The highest BCUT2D eigenvalue weighted by Gasteiger charge is 2.25. The minimum atomic E-state index is -0.142. The number of aliphatic hydroxyl groups is 1. The lowest BCUT2D eigenvalue weighted by Gasteiger charge is -2.34. The summed E-state index contributed by atoms with van der Waals surface area (Å²) in [6.45, 7) is 8.97. The molecule has 2 rings (SSSR count). The molecule has 1 saturated heterocycles. The fraction of sp³-hybridized carbons (Fsp3) is 0.632. The number of nitrogens with zero attached hydrogens (tertiary/aromatic N) is 1. The summed E-state index contributed by atoms with van der Waals surface area (Å²) in [4.78, 5) is 13.7. The van der Waals surface area contributed by atoms with E-state index in [1.807, 2.05) is 12.1 Å². The summed E-state index contributed by atoms with van der Waals surface area (Å²) in [6, 6.07) is 7.93. The zero-order valence-corrected chi connectivity index (χ0v) is 14.1. The second-order valence-electron chi connectivity index (χ2n) is 7.06. The zero-order valence-electron chi connectivity index (χ0n) is 14.1. The van der Waals surface area contributed by atoms with Crippen LogP contribution in [0.3, 0.4) is 0 Å². The first-order valence-electron chi connectivity index (χ1n) is 8.46. The number of ketones is 1. The number of hydrogen-bond donors (Lipinski definition) is 1. The molecule has 1 fully saturated rings. The standard InChI is InChI=1S/C19H29NO2/c1-14(2)12-19(22)18-8-10-20(11-9-18)13-16-4-6-17(7-5-16)15(3)21/h4-7,14,18-19,22H,8-13H2,1-3H3. The van der Waals surface area contributed by atoms with Gasteiger partial charge >= 0.3 is 0 Å². The van der Waals surface area contributed by atoms with Crippen LogP contribution in [0.15, 0.2) is 24.3 Å². The van der Waals surface area contributed by atoms with Crippen molar-refractivity contribution in [2.45, 2.75) is 52.7 Å². The molecule has 122 valence electrons. The summed E-state index contributed by atoms with van der Waals surface area (Å²) in [5, 5.41) is 10.3. The first kappa shape index (κ1) is 17.2. The molecule has 1 N–H and O–H groups in total. The number of aliphatic hydroxyl groups excluding tert-OH is 1. The van der Waals surface area contributed by atoms with E-state index in [1.54, 1.807) is 6.92 Å². The van der Waals surface area contributed by atoms with Crippen LogP contribution in [0.1, 0.15) is 56.0 Å². The number of carbonyl (C=O) groups is 1. The maximum absolute atomic E-state index is 11.3. The second kappa shape index (κ2) is 7.89. The monoisotopic (exact) mass is 303 g/mol. The largest absolute Gasteiger partial charge is 0.393 e. The Bertz CT molecular complexity index is 473. The van der Waals surface area contributed by atoms with Crippen molar-refractivity contribution in [1.82, 2.24) is 4.90 Å². The fourth-order valence-corrected chi connectivity index (χ4v) is 3.27. The van der Waals surface area contributed by atoms with Crippen LogP contribution in [0.4, 0.5) is 0 Å². The second-order valence-corrected chi connectivity index (χ2v) is 7.06. The predicted octanol–water partition coefficient (Wildman–Crippen LogP) is 3.51. The molecule has 1 aliphatic rings. The number of piperidine rings is 1. The van der Waals surface area contributed by atoms with Crippen molar-refractivity contribution in [3.05, 3.63) is 35.4 Å². The van der Waals surface area contributed by atoms with E-state index < -0.39 is 0 Å². The predicted molar refractivity (Wildman–Crippen MR) is 89.9 cm³/mol. The van der Waals surface area contributed by atoms with Crippen molar-refractivity contribution in [3.63, 3.8) is 0 Å². The van der Waals surface area contributed by atoms with Crippen LogP contribution in [0, 0.1) is 11.8 Å². The van der Waals surface area contributed by atoms with Crippen LogP contribution < -0.4 is 0 Å². The third-order valence-corrected chi connectivity index (χ3v) is 4.66. The Kier molecular flexibility index (Phi) is 6.16. The molecule has 1 heterocycles. The highest BCUT2D eigenvalue weighted by molar-refractivity contribution is 5.93. The van der Waals surface area contributed by atoms with Crippen molar-refractivity contribution < 1.29 is 9.90 Å². The van der Waals surface area contributed by atoms with Gasteiger partial charge in [0.05, 0.1) is 6.10 Å². The van der Waals surface area contributed by atoms with Crippen molar-refractivity contribution in [1.29, 1.82) is 0 Å². The van der Waals surface area contributed by atoms with Gasteiger partial charge in [0.15, 0.2) is 5.78 Å². The quantitative estimate of drug-likeness (QED) is 0.818. The van der Waals surface area contributed by atoms with Crippen molar-refractivity contribution in [2.24, 2.45) is 11.8 Å². The third-order valence-electron chi connectivity index (χ3n) is 4.66. The normalized spacial score (nSPS) is 18.6. The molecule has 1 aromatic rings. The topological polar surface area (TPSA) is 40.5 Å². The lowest BCUT2D eigenvalue weighted by atomic mass is 9.87. The first-order valence-corrected chi connectivity index (χ1v) is 8.46. The Morgan fingerprint density at radius 2 is 1.82 bits per heavy atom. The molecule has 22 heavy (non-hydrogen) atoms. The molecule has 1 unspecified atom stereocenters. The van der Waals surface area contributed by atoms with Gasteiger partial charge in [0.2, 0.25) is 0 Å². The number of carbonyl (C=O) groups excluding carboxylic acids is 1. The molecule has 1 aliphatic heterocycles. The molecule has 0 saturated carbocycles. The van der Waals surface area contributed by atoms with Gasteiger partial charge < -0.3 is 5.11 Å². The van der Waals surface area contributed by atoms with Gasteiger partial charge in [-0.15, -0.1) is 0 Å². The van der Waals surface area contributed by atoms with E-state index in [4.69, 9.17) is 0 Å². The van der Waals surface area contributed by atoms with E-state index in [0.29, 0.717) is 11.8 Å². The minimum Gasteiger partial charge on any atom is -0.393 e. The van der Waals surface area contributed by atoms with Crippen LogP contribution >= 0.6 is 0 Å². The Balaban J connectivity index is 1.81. The Hall–Kier alpha value is -1.19. The summed E-state index contributed by atoms with van der Waals surface area (Å²) in [6.07, 6.45) is 2.94. The Morgan fingerprint density at radius 3 is 2.32 bits per heavy atom. The SMILES string of the molecule is CC(=O)c1ccc(CN2CCC(C(O)CC(C)C)CC2)cc1. The van der Waals surface area contributed by atoms with Gasteiger partial charge in [0, 0.05) is 12.1 Å². The van der Waals surface area contributed by atoms with E-state index in [1.165, 1.54) is 5.56 Å². The maximum atomic E-state index is 11.3. The minimum absolute atomic E-state index is 0.117. The molecule has 0 aromatic heterocycles. The number of benzene rings is 1. The summed E-state index contributed by atoms with van der Waals surface area (Å²) in [5.74, 6) is 1.14. The van der Waals surface area contributed by atoms with Crippen LogP contribution in [0.5, 0.6) is 0 Å². The van der Waals surface area contributed by atoms with Gasteiger partial charge in [0.25, 0.3) is 0 Å². The van der Waals surface area contributed by atoms with Gasteiger partial charge in [-0.25, -0.2) is 0 Å². The number of Topliss-reactive ketones (excluding diaryl/α,β-unsaturated/α-hetero) is 1. The van der Waals surface area contributed by atoms with Gasteiger partial charge in [-0.3, -0.25) is 9.69 Å². The molecule has 3 nitrogen and oxygen atoms in total. The summed E-state index contributed by atoms with van der Waals surface area (Å²) < 4.78 is 0. The average Bonchev–Trinajstić information content (AvgIpc) is 2.48. The zero-order chi connectivity index (χ0) is 16.1. The molecule has 0 amide bonds. The van der Waals surface area contributed by atoms with E-state index in [0.717, 1.165) is 44.5 Å². The Morgan fingerprint density at radius 1 is 1.23 bits per heavy atom. The number of likely N-dealkylation sites (tertiary alicyclic amines) is 1. The summed E-state index contributed by atoms with van der Waals surface area (Å²) in [5.41, 5.74) is 2.03. The molecule has 0 aliphatic carbocycles. The van der Waals surface area contributed by atoms with E-state index >= 15 is 0 Å². The molecule has 0 radical (unpaired) electrons. The van der Waals surface area contributed by atoms with Crippen molar-refractivity contribution in [3.8, 4) is 0 Å². The lowest BCUT2D eigenvalue weighted by molar-refractivity contribution is 0.0436. The molecule has 1 atom stereocenters. The number of rotatable bonds is 6. The van der Waals surface area contributed by atoms with E-state index in [-0.39, 0.29) is 11.9 Å². The highest BCUT2D eigenvalue weighted by atomic mass is 16.3. The maximum Gasteiger partial charge on any atom is 0.159 e.